The molecular formula is C16H25NO2. The summed E-state index contributed by atoms with van der Waals surface area (Å²) in [6.45, 7) is 5.31. The lowest BCUT2D eigenvalue weighted by atomic mass is 10.0. The van der Waals surface area contributed by atoms with Crippen LogP contribution in [-0.4, -0.2) is 24.9 Å². The molecule has 0 saturated heterocycles. The van der Waals surface area contributed by atoms with Crippen LogP contribution in [0.2, 0.25) is 0 Å². The first-order valence-corrected chi connectivity index (χ1v) is 7.14. The van der Waals surface area contributed by atoms with Gasteiger partial charge in [0.15, 0.2) is 0 Å². The van der Waals surface area contributed by atoms with Gasteiger partial charge in [-0.05, 0) is 55.7 Å². The summed E-state index contributed by atoms with van der Waals surface area (Å²) in [7, 11) is 1.72. The van der Waals surface area contributed by atoms with E-state index in [9.17, 15) is 0 Å². The van der Waals surface area contributed by atoms with Gasteiger partial charge >= 0.3 is 0 Å². The summed E-state index contributed by atoms with van der Waals surface area (Å²) in [5.74, 6) is 1.76. The number of aryl methyl sites for hydroxylation is 2. The van der Waals surface area contributed by atoms with Crippen molar-refractivity contribution in [3.8, 4) is 5.75 Å². The molecule has 0 amide bonds. The van der Waals surface area contributed by atoms with E-state index in [0.717, 1.165) is 24.6 Å². The highest BCUT2D eigenvalue weighted by Gasteiger charge is 2.30. The maximum Gasteiger partial charge on any atom is 0.124 e. The maximum absolute atomic E-state index is 9.11. The number of aliphatic hydroxyl groups is 1. The second kappa shape index (κ2) is 6.40. The minimum Gasteiger partial charge on any atom is -0.496 e. The predicted molar refractivity (Wildman–Crippen MR) is 77.5 cm³/mol. The zero-order valence-corrected chi connectivity index (χ0v) is 12.2. The minimum absolute atomic E-state index is 0.273. The Kier molecular flexibility index (Phi) is 4.83. The van der Waals surface area contributed by atoms with E-state index in [2.05, 4.69) is 31.3 Å². The molecule has 1 unspecified atom stereocenters. The molecular weight excluding hydrogens is 238 g/mol. The van der Waals surface area contributed by atoms with Crippen LogP contribution in [0.1, 0.15) is 36.0 Å². The Morgan fingerprint density at radius 2 is 1.95 bits per heavy atom. The summed E-state index contributed by atoms with van der Waals surface area (Å²) >= 11 is 0. The largest absolute Gasteiger partial charge is 0.496 e. The molecule has 0 aliphatic heterocycles. The molecule has 3 heteroatoms. The molecule has 1 saturated carbocycles. The first-order valence-electron chi connectivity index (χ1n) is 7.14. The van der Waals surface area contributed by atoms with E-state index in [1.165, 1.54) is 29.5 Å². The second-order valence-corrected chi connectivity index (χ2v) is 5.60. The third kappa shape index (κ3) is 3.71. The summed E-state index contributed by atoms with van der Waals surface area (Å²) in [6, 6.07) is 4.83. The molecule has 19 heavy (non-hydrogen) atoms. The zero-order valence-electron chi connectivity index (χ0n) is 12.2. The van der Waals surface area contributed by atoms with Crippen molar-refractivity contribution in [1.29, 1.82) is 0 Å². The lowest BCUT2D eigenvalue weighted by molar-refractivity contribution is 0.255. The Bertz CT molecular complexity index is 404. The van der Waals surface area contributed by atoms with Crippen LogP contribution >= 0.6 is 0 Å². The smallest absolute Gasteiger partial charge is 0.124 e. The van der Waals surface area contributed by atoms with Gasteiger partial charge in [-0.2, -0.15) is 0 Å². The number of benzene rings is 1. The molecule has 2 N–H and O–H groups in total. The van der Waals surface area contributed by atoms with E-state index in [4.69, 9.17) is 9.84 Å². The van der Waals surface area contributed by atoms with Gasteiger partial charge in [0.2, 0.25) is 0 Å². The average Bonchev–Trinajstić information content (AvgIpc) is 3.18. The van der Waals surface area contributed by atoms with E-state index >= 15 is 0 Å². The normalized spacial score (nSPS) is 16.4. The minimum atomic E-state index is 0.273. The van der Waals surface area contributed by atoms with Gasteiger partial charge in [0.25, 0.3) is 0 Å². The molecule has 1 aliphatic rings. The highest BCUT2D eigenvalue weighted by atomic mass is 16.5. The summed E-state index contributed by atoms with van der Waals surface area (Å²) in [5.41, 5.74) is 3.66. The van der Waals surface area contributed by atoms with Crippen LogP contribution in [0.15, 0.2) is 12.1 Å². The molecule has 1 aromatic rings. The van der Waals surface area contributed by atoms with Gasteiger partial charge in [0.1, 0.15) is 5.75 Å². The highest BCUT2D eigenvalue weighted by molar-refractivity contribution is 5.43. The number of aliphatic hydroxyl groups excluding tert-OH is 1. The van der Waals surface area contributed by atoms with Crippen LogP contribution in [0.3, 0.4) is 0 Å². The van der Waals surface area contributed by atoms with Crippen LogP contribution < -0.4 is 10.1 Å². The Balaban J connectivity index is 1.98. The van der Waals surface area contributed by atoms with Crippen LogP contribution in [0.5, 0.6) is 5.75 Å². The first kappa shape index (κ1) is 14.4. The number of methoxy groups -OCH3 is 1. The fourth-order valence-corrected chi connectivity index (χ4v) is 2.86. The van der Waals surface area contributed by atoms with E-state index < -0.39 is 0 Å². The Labute approximate surface area is 116 Å². The Morgan fingerprint density at radius 3 is 2.42 bits per heavy atom. The molecule has 1 fully saturated rings. The summed E-state index contributed by atoms with van der Waals surface area (Å²) in [4.78, 5) is 0. The number of hydrogen-bond acceptors (Lipinski definition) is 3. The topological polar surface area (TPSA) is 41.5 Å². The molecule has 1 atom stereocenters. The molecule has 1 aliphatic carbocycles. The van der Waals surface area contributed by atoms with Crippen LogP contribution in [0.4, 0.5) is 0 Å². The van der Waals surface area contributed by atoms with Crippen LogP contribution in [-0.2, 0) is 6.54 Å². The Morgan fingerprint density at radius 1 is 1.32 bits per heavy atom. The molecule has 2 rings (SSSR count). The number of nitrogens with one attached hydrogen (secondary N) is 1. The van der Waals surface area contributed by atoms with Crippen LogP contribution in [0, 0.1) is 19.8 Å². The monoisotopic (exact) mass is 263 g/mol. The standard InChI is InChI=1S/C16H25NO2/c1-11-8-13(9-12(2)16(11)19-3)10-17-15(6-7-18)14-4-5-14/h8-9,14-15,17-18H,4-7,10H2,1-3H3. The fraction of sp³-hybridized carbons (Fsp3) is 0.625. The first-order chi connectivity index (χ1) is 9.15. The molecule has 0 spiro atoms. The quantitative estimate of drug-likeness (QED) is 0.794. The molecule has 0 heterocycles. The van der Waals surface area contributed by atoms with Gasteiger partial charge in [-0.25, -0.2) is 0 Å². The molecule has 3 nitrogen and oxygen atoms in total. The average molecular weight is 263 g/mol. The lowest BCUT2D eigenvalue weighted by Crippen LogP contribution is -2.31. The summed E-state index contributed by atoms with van der Waals surface area (Å²) < 4.78 is 5.39. The van der Waals surface area contributed by atoms with Crippen LogP contribution in [0.25, 0.3) is 0 Å². The lowest BCUT2D eigenvalue weighted by Gasteiger charge is -2.18. The van der Waals surface area contributed by atoms with Crippen molar-refractivity contribution in [2.45, 2.75) is 45.7 Å². The van der Waals surface area contributed by atoms with E-state index in [1.54, 1.807) is 7.11 Å². The van der Waals surface area contributed by atoms with Crippen molar-refractivity contribution >= 4 is 0 Å². The molecule has 106 valence electrons. The molecule has 0 radical (unpaired) electrons. The zero-order chi connectivity index (χ0) is 13.8. The molecule has 0 bridgehead atoms. The number of ether oxygens (including phenoxy) is 1. The van der Waals surface area contributed by atoms with Gasteiger partial charge in [-0.3, -0.25) is 0 Å². The van der Waals surface area contributed by atoms with Crippen molar-refractivity contribution in [2.24, 2.45) is 5.92 Å². The SMILES string of the molecule is COc1c(C)cc(CNC(CCO)C2CC2)cc1C. The third-order valence-corrected chi connectivity index (χ3v) is 3.92. The molecule has 1 aromatic carbocycles. The Hall–Kier alpha value is -1.06. The van der Waals surface area contributed by atoms with Gasteiger partial charge in [-0.1, -0.05) is 12.1 Å². The van der Waals surface area contributed by atoms with Gasteiger partial charge < -0.3 is 15.2 Å². The number of hydrogen-bond donors (Lipinski definition) is 2. The van der Waals surface area contributed by atoms with Crippen molar-refractivity contribution in [2.75, 3.05) is 13.7 Å². The summed E-state index contributed by atoms with van der Waals surface area (Å²) in [5, 5.41) is 12.7. The van der Waals surface area contributed by atoms with E-state index in [0.29, 0.717) is 6.04 Å². The second-order valence-electron chi connectivity index (χ2n) is 5.60. The third-order valence-electron chi connectivity index (χ3n) is 3.92. The van der Waals surface area contributed by atoms with Gasteiger partial charge in [0.05, 0.1) is 7.11 Å². The molecule has 0 aromatic heterocycles. The number of rotatable bonds is 7. The fourth-order valence-electron chi connectivity index (χ4n) is 2.86. The van der Waals surface area contributed by atoms with Crippen molar-refractivity contribution in [1.82, 2.24) is 5.32 Å². The van der Waals surface area contributed by atoms with Gasteiger partial charge in [0, 0.05) is 19.2 Å². The van der Waals surface area contributed by atoms with Crippen molar-refractivity contribution in [3.63, 3.8) is 0 Å². The predicted octanol–water partition coefficient (Wildman–Crippen LogP) is 2.56. The van der Waals surface area contributed by atoms with E-state index in [1.807, 2.05) is 0 Å². The van der Waals surface area contributed by atoms with Crippen molar-refractivity contribution in [3.05, 3.63) is 28.8 Å². The van der Waals surface area contributed by atoms with Gasteiger partial charge in [-0.15, -0.1) is 0 Å². The highest BCUT2D eigenvalue weighted by Crippen LogP contribution is 2.34. The maximum atomic E-state index is 9.11. The van der Waals surface area contributed by atoms with E-state index in [-0.39, 0.29) is 6.61 Å². The summed E-state index contributed by atoms with van der Waals surface area (Å²) in [6.07, 6.45) is 3.47. The van der Waals surface area contributed by atoms with Crippen molar-refractivity contribution < 1.29 is 9.84 Å².